The van der Waals surface area contributed by atoms with Crippen LogP contribution in [0.1, 0.15) is 5.56 Å². The quantitative estimate of drug-likeness (QED) is 0.841. The average molecular weight is 228 g/mol. The topological polar surface area (TPSA) is 65.0 Å². The fourth-order valence-corrected chi connectivity index (χ4v) is 1.55. The van der Waals surface area contributed by atoms with Gasteiger partial charge in [-0.1, -0.05) is 0 Å². The molecule has 2 rings (SSSR count). The van der Waals surface area contributed by atoms with E-state index in [1.807, 2.05) is 0 Å². The van der Waals surface area contributed by atoms with Crippen LogP contribution >= 0.6 is 0 Å². The minimum atomic E-state index is -1.07. The molecule has 0 fully saturated rings. The molecule has 1 N–H and O–H groups in total. The van der Waals surface area contributed by atoms with Gasteiger partial charge in [-0.2, -0.15) is 4.39 Å². The summed E-state index contributed by atoms with van der Waals surface area (Å²) in [5.74, 6) is -1.75. The zero-order valence-corrected chi connectivity index (χ0v) is 8.45. The Hall–Kier alpha value is -1.98. The molecule has 0 bridgehead atoms. The van der Waals surface area contributed by atoms with Crippen LogP contribution in [0.4, 0.5) is 4.39 Å². The summed E-state index contributed by atoms with van der Waals surface area (Å²) in [5, 5.41) is 8.68. The number of aliphatic carboxylic acids is 1. The third-order valence-electron chi connectivity index (χ3n) is 2.18. The first-order valence-corrected chi connectivity index (χ1v) is 4.50. The van der Waals surface area contributed by atoms with Gasteiger partial charge < -0.3 is 19.3 Å². The third kappa shape index (κ3) is 1.62. The van der Waals surface area contributed by atoms with Gasteiger partial charge in [-0.25, -0.2) is 0 Å². The molecule has 5 nitrogen and oxygen atoms in total. The molecule has 0 atom stereocenters. The lowest BCUT2D eigenvalue weighted by atomic mass is 10.1. The summed E-state index contributed by atoms with van der Waals surface area (Å²) < 4.78 is 28.5. The largest absolute Gasteiger partial charge is 0.493 e. The smallest absolute Gasteiger partial charge is 0.307 e. The van der Waals surface area contributed by atoms with Crippen LogP contribution in [0.2, 0.25) is 0 Å². The van der Waals surface area contributed by atoms with E-state index in [2.05, 4.69) is 0 Å². The molecule has 0 spiro atoms. The summed E-state index contributed by atoms with van der Waals surface area (Å²) in [6.45, 7) is -0.0774. The Labute approximate surface area is 90.3 Å². The van der Waals surface area contributed by atoms with Crippen molar-refractivity contribution in [3.8, 4) is 17.2 Å². The number of carboxylic acids is 1. The number of carboxylic acid groups (broad SMARTS) is 1. The van der Waals surface area contributed by atoms with E-state index in [-0.39, 0.29) is 36.0 Å². The first-order chi connectivity index (χ1) is 7.63. The standard InChI is InChI=1S/C10H9FO5/c1-14-9-5(3-7(12)13)2-6-10(8(9)11)16-4-15-6/h2H,3-4H2,1H3,(H,12,13). The van der Waals surface area contributed by atoms with Gasteiger partial charge in [0.25, 0.3) is 0 Å². The highest BCUT2D eigenvalue weighted by Crippen LogP contribution is 2.41. The SMILES string of the molecule is COc1c(CC(=O)O)cc2c(c1F)OCO2. The molecule has 0 saturated heterocycles. The molecule has 1 heterocycles. The second kappa shape index (κ2) is 3.88. The van der Waals surface area contributed by atoms with Gasteiger partial charge in [-0.05, 0) is 6.07 Å². The molecule has 0 unspecified atom stereocenters. The van der Waals surface area contributed by atoms with Crippen LogP contribution in [-0.4, -0.2) is 25.0 Å². The van der Waals surface area contributed by atoms with Gasteiger partial charge in [-0.15, -0.1) is 0 Å². The maximum Gasteiger partial charge on any atom is 0.307 e. The molecule has 0 saturated carbocycles. The Bertz CT molecular complexity index is 443. The number of methoxy groups -OCH3 is 1. The lowest BCUT2D eigenvalue weighted by Gasteiger charge is -2.09. The van der Waals surface area contributed by atoms with E-state index < -0.39 is 11.8 Å². The van der Waals surface area contributed by atoms with E-state index in [4.69, 9.17) is 19.3 Å². The summed E-state index contributed by atoms with van der Waals surface area (Å²) in [6, 6.07) is 1.42. The molecule has 1 aliphatic rings. The molecule has 1 aromatic rings. The molecule has 0 aromatic heterocycles. The normalized spacial score (nSPS) is 12.6. The highest BCUT2D eigenvalue weighted by atomic mass is 19.1. The Balaban J connectivity index is 2.52. The Morgan fingerprint density at radius 1 is 1.62 bits per heavy atom. The van der Waals surface area contributed by atoms with Crippen molar-refractivity contribution in [1.29, 1.82) is 0 Å². The molecule has 0 amide bonds. The van der Waals surface area contributed by atoms with Gasteiger partial charge in [0, 0.05) is 5.56 Å². The van der Waals surface area contributed by atoms with Crippen LogP contribution in [0.15, 0.2) is 6.07 Å². The van der Waals surface area contributed by atoms with Crippen molar-refractivity contribution in [1.82, 2.24) is 0 Å². The molecule has 86 valence electrons. The number of ether oxygens (including phenoxy) is 3. The lowest BCUT2D eigenvalue weighted by molar-refractivity contribution is -0.136. The van der Waals surface area contributed by atoms with Crippen LogP contribution in [-0.2, 0) is 11.2 Å². The summed E-state index contributed by atoms with van der Waals surface area (Å²) in [4.78, 5) is 10.6. The minimum Gasteiger partial charge on any atom is -0.493 e. The van der Waals surface area contributed by atoms with Crippen molar-refractivity contribution in [3.05, 3.63) is 17.4 Å². The van der Waals surface area contributed by atoms with Crippen LogP contribution in [0, 0.1) is 5.82 Å². The first-order valence-electron chi connectivity index (χ1n) is 4.50. The number of halogens is 1. The van der Waals surface area contributed by atoms with Crippen molar-refractivity contribution >= 4 is 5.97 Å². The predicted molar refractivity (Wildman–Crippen MR) is 50.4 cm³/mol. The van der Waals surface area contributed by atoms with Crippen molar-refractivity contribution in [2.24, 2.45) is 0 Å². The predicted octanol–water partition coefficient (Wildman–Crippen LogP) is 1.19. The van der Waals surface area contributed by atoms with E-state index in [1.54, 1.807) is 0 Å². The fraction of sp³-hybridized carbons (Fsp3) is 0.300. The number of fused-ring (bicyclic) bond motifs is 1. The van der Waals surface area contributed by atoms with E-state index in [9.17, 15) is 9.18 Å². The summed E-state index contributed by atoms with van der Waals surface area (Å²) in [7, 11) is 1.27. The zero-order chi connectivity index (χ0) is 11.7. The second-order valence-corrected chi connectivity index (χ2v) is 3.19. The number of benzene rings is 1. The zero-order valence-electron chi connectivity index (χ0n) is 8.45. The third-order valence-corrected chi connectivity index (χ3v) is 2.18. The number of hydrogen-bond acceptors (Lipinski definition) is 4. The van der Waals surface area contributed by atoms with Crippen LogP contribution in [0.3, 0.4) is 0 Å². The van der Waals surface area contributed by atoms with Gasteiger partial charge in [0.1, 0.15) is 0 Å². The average Bonchev–Trinajstić information content (AvgIpc) is 2.65. The van der Waals surface area contributed by atoms with Gasteiger partial charge >= 0.3 is 5.97 Å². The molecule has 16 heavy (non-hydrogen) atoms. The molecule has 6 heteroatoms. The summed E-state index contributed by atoms with van der Waals surface area (Å²) in [5.41, 5.74) is 0.219. The number of carbonyl (C=O) groups is 1. The second-order valence-electron chi connectivity index (χ2n) is 3.19. The van der Waals surface area contributed by atoms with E-state index >= 15 is 0 Å². The van der Waals surface area contributed by atoms with Crippen molar-refractivity contribution < 1.29 is 28.5 Å². The molecule has 0 radical (unpaired) electrons. The highest BCUT2D eigenvalue weighted by molar-refractivity contribution is 5.72. The maximum absolute atomic E-state index is 13.8. The van der Waals surface area contributed by atoms with E-state index in [0.717, 1.165) is 0 Å². The summed E-state index contributed by atoms with van der Waals surface area (Å²) in [6.07, 6.45) is -0.337. The number of hydrogen-bond donors (Lipinski definition) is 1. The Morgan fingerprint density at radius 3 is 3.00 bits per heavy atom. The molecular formula is C10H9FO5. The van der Waals surface area contributed by atoms with Gasteiger partial charge in [0.05, 0.1) is 13.5 Å². The maximum atomic E-state index is 13.8. The Kier molecular flexibility index (Phi) is 2.55. The monoisotopic (exact) mass is 228 g/mol. The molecular weight excluding hydrogens is 219 g/mol. The van der Waals surface area contributed by atoms with Gasteiger partial charge in [-0.3, -0.25) is 4.79 Å². The fourth-order valence-electron chi connectivity index (χ4n) is 1.55. The van der Waals surface area contributed by atoms with Crippen LogP contribution in [0.25, 0.3) is 0 Å². The van der Waals surface area contributed by atoms with Crippen LogP contribution < -0.4 is 14.2 Å². The Morgan fingerprint density at radius 2 is 2.38 bits per heavy atom. The first kappa shape index (κ1) is 10.5. The van der Waals surface area contributed by atoms with Gasteiger partial charge in [0.2, 0.25) is 18.4 Å². The number of rotatable bonds is 3. The van der Waals surface area contributed by atoms with Crippen molar-refractivity contribution in [3.63, 3.8) is 0 Å². The van der Waals surface area contributed by atoms with E-state index in [1.165, 1.54) is 13.2 Å². The summed E-state index contributed by atoms with van der Waals surface area (Å²) >= 11 is 0. The molecule has 1 aromatic carbocycles. The lowest BCUT2D eigenvalue weighted by Crippen LogP contribution is -2.04. The van der Waals surface area contributed by atoms with Gasteiger partial charge in [0.15, 0.2) is 11.5 Å². The minimum absolute atomic E-state index is 0.0361. The van der Waals surface area contributed by atoms with E-state index in [0.29, 0.717) is 0 Å². The van der Waals surface area contributed by atoms with Crippen molar-refractivity contribution in [2.75, 3.05) is 13.9 Å². The molecule has 1 aliphatic heterocycles. The van der Waals surface area contributed by atoms with Crippen molar-refractivity contribution in [2.45, 2.75) is 6.42 Å². The van der Waals surface area contributed by atoms with Crippen LogP contribution in [0.5, 0.6) is 17.2 Å². The molecule has 0 aliphatic carbocycles. The highest BCUT2D eigenvalue weighted by Gasteiger charge is 2.26.